The molecule has 3 nitrogen and oxygen atoms in total. The molecule has 0 spiro atoms. The molecule has 0 aliphatic carbocycles. The van der Waals surface area contributed by atoms with Crippen LogP contribution in [0.1, 0.15) is 0 Å². The van der Waals surface area contributed by atoms with Crippen molar-refractivity contribution in [1.82, 2.24) is 9.55 Å². The molecule has 0 amide bonds. The van der Waals surface area contributed by atoms with Crippen molar-refractivity contribution in [1.29, 1.82) is 0 Å². The van der Waals surface area contributed by atoms with Gasteiger partial charge in [0.05, 0.1) is 17.6 Å². The monoisotopic (exact) mass is 265 g/mol. The molecule has 0 aliphatic heterocycles. The van der Waals surface area contributed by atoms with E-state index in [-0.39, 0.29) is 17.0 Å². The Morgan fingerprint density at radius 1 is 1.33 bits per heavy atom. The number of alkyl halides is 4. The maximum Gasteiger partial charge on any atom is 0.324 e. The number of anilines is 1. The molecule has 8 heteroatoms. The van der Waals surface area contributed by atoms with E-state index in [4.69, 9.17) is 5.73 Å². The van der Waals surface area contributed by atoms with E-state index in [1.54, 1.807) is 0 Å². The van der Waals surface area contributed by atoms with Gasteiger partial charge in [0.2, 0.25) is 5.95 Å². The van der Waals surface area contributed by atoms with Gasteiger partial charge in [-0.2, -0.15) is 8.78 Å². The Balaban J connectivity index is 2.50. The number of imidazole rings is 1. The number of hydrogen-bond donors (Lipinski definition) is 1. The summed E-state index contributed by atoms with van der Waals surface area (Å²) < 4.78 is 63.8. The van der Waals surface area contributed by atoms with Crippen LogP contribution in [0.2, 0.25) is 0 Å². The highest BCUT2D eigenvalue weighted by molar-refractivity contribution is 5.78. The second-order valence-electron chi connectivity index (χ2n) is 3.75. The predicted molar refractivity (Wildman–Crippen MR) is 55.1 cm³/mol. The van der Waals surface area contributed by atoms with E-state index < -0.39 is 24.7 Å². The fraction of sp³-hybridized carbons (Fsp3) is 0.300. The predicted octanol–water partition coefficient (Wildman–Crippen LogP) is 2.66. The van der Waals surface area contributed by atoms with Gasteiger partial charge in [0, 0.05) is 0 Å². The van der Waals surface area contributed by atoms with Crippen LogP contribution < -0.4 is 5.73 Å². The summed E-state index contributed by atoms with van der Waals surface area (Å²) in [6, 6.07) is 3.22. The van der Waals surface area contributed by atoms with E-state index >= 15 is 0 Å². The number of halogens is 5. The molecule has 1 aromatic carbocycles. The summed E-state index contributed by atoms with van der Waals surface area (Å²) in [5.41, 5.74) is 5.48. The number of nitrogen functional groups attached to an aromatic ring is 1. The maximum absolute atomic E-state index is 13.0. The fourth-order valence-electron chi connectivity index (χ4n) is 1.56. The summed E-state index contributed by atoms with van der Waals surface area (Å²) in [5.74, 6) is -5.31. The Hall–Kier alpha value is -1.86. The lowest BCUT2D eigenvalue weighted by Crippen LogP contribution is -2.32. The Morgan fingerprint density at radius 3 is 2.61 bits per heavy atom. The van der Waals surface area contributed by atoms with Crippen LogP contribution in [-0.2, 0) is 6.54 Å². The topological polar surface area (TPSA) is 43.8 Å². The highest BCUT2D eigenvalue weighted by Gasteiger charge is 2.41. The molecule has 2 aromatic rings. The van der Waals surface area contributed by atoms with Gasteiger partial charge in [0.1, 0.15) is 5.82 Å². The van der Waals surface area contributed by atoms with Crippen molar-refractivity contribution in [3.05, 3.63) is 24.0 Å². The average Bonchev–Trinajstić information content (AvgIpc) is 2.55. The van der Waals surface area contributed by atoms with Crippen molar-refractivity contribution in [3.8, 4) is 0 Å². The van der Waals surface area contributed by atoms with E-state index in [1.807, 2.05) is 0 Å². The molecule has 0 atom stereocenters. The van der Waals surface area contributed by atoms with Gasteiger partial charge in [-0.25, -0.2) is 18.2 Å². The second kappa shape index (κ2) is 4.11. The Bertz CT molecular complexity index is 578. The molecule has 98 valence electrons. The molecule has 0 bridgehead atoms. The van der Waals surface area contributed by atoms with Crippen molar-refractivity contribution < 1.29 is 22.0 Å². The Morgan fingerprint density at radius 2 is 2.00 bits per heavy atom. The smallest absolute Gasteiger partial charge is 0.324 e. The third-order valence-electron chi connectivity index (χ3n) is 2.43. The first-order valence-corrected chi connectivity index (χ1v) is 4.88. The minimum Gasteiger partial charge on any atom is -0.369 e. The molecular formula is C10H8F5N3. The van der Waals surface area contributed by atoms with Gasteiger partial charge in [-0.05, 0) is 18.2 Å². The van der Waals surface area contributed by atoms with Crippen LogP contribution in [0.15, 0.2) is 18.2 Å². The summed E-state index contributed by atoms with van der Waals surface area (Å²) in [7, 11) is 0. The molecule has 0 aliphatic rings. The van der Waals surface area contributed by atoms with Gasteiger partial charge in [-0.1, -0.05) is 0 Å². The lowest BCUT2D eigenvalue weighted by Gasteiger charge is -2.16. The summed E-state index contributed by atoms with van der Waals surface area (Å²) >= 11 is 0. The van der Waals surface area contributed by atoms with Crippen LogP contribution in [0, 0.1) is 5.82 Å². The van der Waals surface area contributed by atoms with Crippen molar-refractivity contribution in [2.75, 3.05) is 5.73 Å². The van der Waals surface area contributed by atoms with Crippen molar-refractivity contribution in [3.63, 3.8) is 0 Å². The van der Waals surface area contributed by atoms with Crippen molar-refractivity contribution in [2.45, 2.75) is 18.9 Å². The van der Waals surface area contributed by atoms with Gasteiger partial charge in [0.25, 0.3) is 0 Å². The first-order valence-electron chi connectivity index (χ1n) is 4.88. The van der Waals surface area contributed by atoms with Crippen LogP contribution >= 0.6 is 0 Å². The first kappa shape index (κ1) is 12.6. The zero-order valence-corrected chi connectivity index (χ0v) is 8.88. The number of rotatable bonds is 3. The van der Waals surface area contributed by atoms with E-state index in [1.165, 1.54) is 6.07 Å². The lowest BCUT2D eigenvalue weighted by atomic mass is 10.3. The number of nitrogens with zero attached hydrogens (tertiary/aromatic N) is 2. The van der Waals surface area contributed by atoms with E-state index in [2.05, 4.69) is 4.98 Å². The van der Waals surface area contributed by atoms with Gasteiger partial charge in [-0.3, -0.25) is 0 Å². The van der Waals surface area contributed by atoms with Gasteiger partial charge >= 0.3 is 12.3 Å². The van der Waals surface area contributed by atoms with Crippen LogP contribution in [-0.4, -0.2) is 21.9 Å². The molecular weight excluding hydrogens is 257 g/mol. The van der Waals surface area contributed by atoms with E-state index in [0.29, 0.717) is 4.57 Å². The molecule has 0 saturated heterocycles. The Labute approximate surface area is 98.0 Å². The van der Waals surface area contributed by atoms with E-state index in [0.717, 1.165) is 12.1 Å². The highest BCUT2D eigenvalue weighted by atomic mass is 19.3. The molecule has 0 fully saturated rings. The minimum absolute atomic E-state index is 0.0483. The van der Waals surface area contributed by atoms with Crippen LogP contribution in [0.3, 0.4) is 0 Å². The SMILES string of the molecule is Nc1nc2ccc(F)cc2n1CC(F)(F)C(F)F. The zero-order valence-electron chi connectivity index (χ0n) is 8.88. The maximum atomic E-state index is 13.0. The summed E-state index contributed by atoms with van der Waals surface area (Å²) in [5, 5.41) is 0. The van der Waals surface area contributed by atoms with Crippen molar-refractivity contribution >= 4 is 17.0 Å². The largest absolute Gasteiger partial charge is 0.369 e. The fourth-order valence-corrected chi connectivity index (χ4v) is 1.56. The third-order valence-corrected chi connectivity index (χ3v) is 2.43. The third kappa shape index (κ3) is 2.09. The van der Waals surface area contributed by atoms with Crippen molar-refractivity contribution in [2.24, 2.45) is 0 Å². The molecule has 0 unspecified atom stereocenters. The minimum atomic E-state index is -4.26. The molecule has 1 aromatic heterocycles. The quantitative estimate of drug-likeness (QED) is 0.867. The highest BCUT2D eigenvalue weighted by Crippen LogP contribution is 2.28. The molecule has 18 heavy (non-hydrogen) atoms. The summed E-state index contributed by atoms with van der Waals surface area (Å²) in [6.07, 6.45) is -3.83. The normalized spacial score (nSPS) is 12.6. The van der Waals surface area contributed by atoms with E-state index in [9.17, 15) is 22.0 Å². The summed E-state index contributed by atoms with van der Waals surface area (Å²) in [6.45, 7) is -1.35. The number of fused-ring (bicyclic) bond motifs is 1. The van der Waals surface area contributed by atoms with Gasteiger partial charge < -0.3 is 10.3 Å². The molecule has 2 rings (SSSR count). The molecule has 1 heterocycles. The van der Waals surface area contributed by atoms with Crippen LogP contribution in [0.5, 0.6) is 0 Å². The van der Waals surface area contributed by atoms with Crippen LogP contribution in [0.4, 0.5) is 27.9 Å². The Kier molecular flexibility index (Phi) is 2.88. The zero-order chi connectivity index (χ0) is 13.5. The lowest BCUT2D eigenvalue weighted by molar-refractivity contribution is -0.136. The first-order chi connectivity index (χ1) is 8.31. The average molecular weight is 265 g/mol. The number of aromatic nitrogens is 2. The van der Waals surface area contributed by atoms with Gasteiger partial charge in [-0.15, -0.1) is 0 Å². The second-order valence-corrected chi connectivity index (χ2v) is 3.75. The summed E-state index contributed by atoms with van der Waals surface area (Å²) in [4.78, 5) is 3.69. The molecule has 2 N–H and O–H groups in total. The molecule has 0 saturated carbocycles. The standard InChI is InChI=1S/C10H8F5N3/c11-5-1-2-6-7(3-5)18(9(16)17-6)4-10(14,15)8(12)13/h1-3,8H,4H2,(H2,16,17). The molecule has 0 radical (unpaired) electrons. The van der Waals surface area contributed by atoms with Gasteiger partial charge in [0.15, 0.2) is 0 Å². The number of hydrogen-bond acceptors (Lipinski definition) is 2. The van der Waals surface area contributed by atoms with Crippen LogP contribution in [0.25, 0.3) is 11.0 Å². The number of nitrogens with two attached hydrogens (primary N) is 1. The number of benzene rings is 1.